The monoisotopic (exact) mass is 412 g/mol. The van der Waals surface area contributed by atoms with Crippen molar-refractivity contribution in [3.8, 4) is 0 Å². The van der Waals surface area contributed by atoms with E-state index in [1.54, 1.807) is 11.3 Å². The number of amides is 1. The van der Waals surface area contributed by atoms with Gasteiger partial charge in [0.15, 0.2) is 0 Å². The maximum absolute atomic E-state index is 13.0. The summed E-state index contributed by atoms with van der Waals surface area (Å²) in [5.41, 5.74) is 0.829. The van der Waals surface area contributed by atoms with Crippen molar-refractivity contribution in [2.75, 3.05) is 32.7 Å². The fourth-order valence-corrected chi connectivity index (χ4v) is 6.17. The largest absolute Gasteiger partial charge is 0.461 e. The van der Waals surface area contributed by atoms with Gasteiger partial charge in [-0.3, -0.25) is 14.5 Å². The molecular formula is C23H28N2O3S. The van der Waals surface area contributed by atoms with Crippen LogP contribution < -0.4 is 0 Å². The smallest absolute Gasteiger partial charge is 0.312 e. The number of fused-ring (bicyclic) bond motifs is 1. The molecule has 1 unspecified atom stereocenters. The van der Waals surface area contributed by atoms with E-state index >= 15 is 0 Å². The number of piperidine rings is 1. The number of thiophene rings is 1. The predicted molar refractivity (Wildman–Crippen MR) is 114 cm³/mol. The minimum absolute atomic E-state index is 0.0219. The number of hydrogen-bond acceptors (Lipinski definition) is 5. The number of benzene rings is 1. The first-order chi connectivity index (χ1) is 14.0. The van der Waals surface area contributed by atoms with Crippen molar-refractivity contribution in [2.24, 2.45) is 5.41 Å². The van der Waals surface area contributed by atoms with Gasteiger partial charge in [-0.05, 0) is 63.2 Å². The van der Waals surface area contributed by atoms with Gasteiger partial charge in [0.05, 0.1) is 10.3 Å². The van der Waals surface area contributed by atoms with Crippen LogP contribution in [0, 0.1) is 12.3 Å². The number of nitrogens with zero attached hydrogens (tertiary/aromatic N) is 2. The van der Waals surface area contributed by atoms with Crippen LogP contribution in [-0.4, -0.2) is 60.5 Å². The molecule has 3 aliphatic rings. The van der Waals surface area contributed by atoms with E-state index in [0.717, 1.165) is 53.9 Å². The average Bonchev–Trinajstić information content (AvgIpc) is 3.42. The molecule has 4 heterocycles. The number of hydrogen-bond donors (Lipinski definition) is 0. The molecule has 0 aliphatic carbocycles. The van der Waals surface area contributed by atoms with E-state index in [1.807, 2.05) is 11.0 Å². The van der Waals surface area contributed by atoms with Crippen molar-refractivity contribution < 1.29 is 14.3 Å². The van der Waals surface area contributed by atoms with Crippen LogP contribution in [0.5, 0.6) is 0 Å². The Morgan fingerprint density at radius 3 is 2.69 bits per heavy atom. The summed E-state index contributed by atoms with van der Waals surface area (Å²) in [7, 11) is 0. The zero-order valence-corrected chi connectivity index (χ0v) is 17.8. The number of carbonyl (C=O) groups is 2. The van der Waals surface area contributed by atoms with Crippen LogP contribution in [0.2, 0.25) is 0 Å². The molecule has 0 bridgehead atoms. The van der Waals surface area contributed by atoms with E-state index in [-0.39, 0.29) is 23.4 Å². The highest BCUT2D eigenvalue weighted by Crippen LogP contribution is 2.44. The standard InChI is InChI=1S/C23H28N2O3S/c1-16-4-5-19-17(12-16)13-20(29-19)21(26)25-10-6-23(7-11-25)14-18(28-22(23)27)15-24-8-2-3-9-24/h4-5,12-13,18H,2-3,6-11,14-15H2,1H3. The zero-order chi connectivity index (χ0) is 20.0. The number of ether oxygens (including phenoxy) is 1. The second-order valence-corrected chi connectivity index (χ2v) is 10.0. The number of likely N-dealkylation sites (tertiary alicyclic amines) is 2. The molecule has 0 N–H and O–H groups in total. The van der Waals surface area contributed by atoms with Gasteiger partial charge in [0, 0.05) is 30.8 Å². The highest BCUT2D eigenvalue weighted by Gasteiger charge is 2.51. The summed E-state index contributed by atoms with van der Waals surface area (Å²) in [6, 6.07) is 8.31. The molecule has 1 spiro atoms. The van der Waals surface area contributed by atoms with Gasteiger partial charge in [0.1, 0.15) is 6.10 Å². The number of aryl methyl sites for hydroxylation is 1. The topological polar surface area (TPSA) is 49.9 Å². The van der Waals surface area contributed by atoms with Crippen LogP contribution in [0.3, 0.4) is 0 Å². The summed E-state index contributed by atoms with van der Waals surface area (Å²) < 4.78 is 6.92. The Hall–Kier alpha value is -1.92. The van der Waals surface area contributed by atoms with Crippen molar-refractivity contribution in [2.45, 2.75) is 45.1 Å². The highest BCUT2D eigenvalue weighted by atomic mass is 32.1. The molecule has 1 amide bonds. The molecule has 0 saturated carbocycles. The van der Waals surface area contributed by atoms with Crippen molar-refractivity contribution in [1.82, 2.24) is 9.80 Å². The van der Waals surface area contributed by atoms with Crippen LogP contribution in [0.15, 0.2) is 24.3 Å². The quantitative estimate of drug-likeness (QED) is 0.719. The summed E-state index contributed by atoms with van der Waals surface area (Å²) in [6.45, 7) is 6.46. The predicted octanol–water partition coefficient (Wildman–Crippen LogP) is 3.84. The lowest BCUT2D eigenvalue weighted by Gasteiger charge is -2.36. The van der Waals surface area contributed by atoms with Gasteiger partial charge in [0.2, 0.25) is 0 Å². The summed E-state index contributed by atoms with van der Waals surface area (Å²) in [4.78, 5) is 30.9. The van der Waals surface area contributed by atoms with Gasteiger partial charge in [-0.1, -0.05) is 17.7 Å². The Labute approximate surface area is 175 Å². The molecule has 29 heavy (non-hydrogen) atoms. The lowest BCUT2D eigenvalue weighted by atomic mass is 9.76. The van der Waals surface area contributed by atoms with Crippen LogP contribution in [0.1, 0.15) is 47.3 Å². The van der Waals surface area contributed by atoms with Crippen molar-refractivity contribution in [1.29, 1.82) is 0 Å². The number of esters is 1. The first-order valence-corrected chi connectivity index (χ1v) is 11.6. The Kier molecular flexibility index (Phi) is 4.87. The molecule has 5 nitrogen and oxygen atoms in total. The maximum atomic E-state index is 13.0. The zero-order valence-electron chi connectivity index (χ0n) is 17.0. The van der Waals surface area contributed by atoms with Crippen LogP contribution in [0.25, 0.3) is 10.1 Å². The van der Waals surface area contributed by atoms with Gasteiger partial charge in [-0.2, -0.15) is 0 Å². The minimum atomic E-state index is -0.377. The van der Waals surface area contributed by atoms with Crippen molar-refractivity contribution >= 4 is 33.3 Å². The van der Waals surface area contributed by atoms with Gasteiger partial charge < -0.3 is 9.64 Å². The average molecular weight is 413 g/mol. The van der Waals surface area contributed by atoms with Gasteiger partial charge >= 0.3 is 5.97 Å². The highest BCUT2D eigenvalue weighted by molar-refractivity contribution is 7.20. The maximum Gasteiger partial charge on any atom is 0.312 e. The van der Waals surface area contributed by atoms with Gasteiger partial charge in [-0.25, -0.2) is 0 Å². The lowest BCUT2D eigenvalue weighted by molar-refractivity contribution is -0.150. The normalized spacial score (nSPS) is 24.5. The summed E-state index contributed by atoms with van der Waals surface area (Å²) in [5, 5.41) is 1.14. The van der Waals surface area contributed by atoms with Crippen molar-refractivity contribution in [3.05, 3.63) is 34.7 Å². The molecule has 3 fully saturated rings. The Morgan fingerprint density at radius 2 is 1.93 bits per heavy atom. The number of carbonyl (C=O) groups excluding carboxylic acids is 2. The molecular weight excluding hydrogens is 384 g/mol. The first kappa shape index (κ1) is 19.1. The number of cyclic esters (lactones) is 1. The second-order valence-electron chi connectivity index (χ2n) is 8.96. The fraction of sp³-hybridized carbons (Fsp3) is 0.565. The van der Waals surface area contributed by atoms with Gasteiger partial charge in [-0.15, -0.1) is 11.3 Å². The second kappa shape index (κ2) is 7.40. The first-order valence-electron chi connectivity index (χ1n) is 10.8. The molecule has 3 saturated heterocycles. The van der Waals surface area contributed by atoms with E-state index in [9.17, 15) is 9.59 Å². The molecule has 1 atom stereocenters. The van der Waals surface area contributed by atoms with E-state index in [4.69, 9.17) is 4.74 Å². The van der Waals surface area contributed by atoms with Crippen molar-refractivity contribution in [3.63, 3.8) is 0 Å². The lowest BCUT2D eigenvalue weighted by Crippen LogP contribution is -2.45. The van der Waals surface area contributed by atoms with Crippen LogP contribution in [0.4, 0.5) is 0 Å². The van der Waals surface area contributed by atoms with E-state index in [2.05, 4.69) is 30.0 Å². The summed E-state index contributed by atoms with van der Waals surface area (Å²) in [5.74, 6) is 0.0600. The summed E-state index contributed by atoms with van der Waals surface area (Å²) in [6.07, 6.45) is 4.77. The number of rotatable bonds is 3. The van der Waals surface area contributed by atoms with E-state index < -0.39 is 0 Å². The van der Waals surface area contributed by atoms with Crippen LogP contribution >= 0.6 is 11.3 Å². The van der Waals surface area contributed by atoms with E-state index in [1.165, 1.54) is 18.4 Å². The minimum Gasteiger partial charge on any atom is -0.461 e. The SMILES string of the molecule is Cc1ccc2sc(C(=O)N3CCC4(CC3)CC(CN3CCCC3)OC4=O)cc2c1. The Bertz CT molecular complexity index is 939. The Morgan fingerprint density at radius 1 is 1.17 bits per heavy atom. The molecule has 5 rings (SSSR count). The molecule has 6 heteroatoms. The van der Waals surface area contributed by atoms with E-state index in [0.29, 0.717) is 13.1 Å². The third-order valence-electron chi connectivity index (χ3n) is 6.88. The fourth-order valence-electron chi connectivity index (χ4n) is 5.16. The third-order valence-corrected chi connectivity index (χ3v) is 7.98. The van der Waals surface area contributed by atoms with Crippen LogP contribution in [-0.2, 0) is 9.53 Å². The molecule has 3 aliphatic heterocycles. The molecule has 154 valence electrons. The molecule has 1 aromatic heterocycles. The molecule has 0 radical (unpaired) electrons. The molecule has 2 aromatic rings. The van der Waals surface area contributed by atoms with Gasteiger partial charge in [0.25, 0.3) is 5.91 Å². The molecule has 1 aromatic carbocycles. The Balaban J connectivity index is 1.23. The third kappa shape index (κ3) is 3.57. The summed E-state index contributed by atoms with van der Waals surface area (Å²) >= 11 is 1.56.